The fourth-order valence-electron chi connectivity index (χ4n) is 1.34. The normalized spacial score (nSPS) is 12.8. The Bertz CT molecular complexity index is 510. The highest BCUT2D eigenvalue weighted by Crippen LogP contribution is 2.40. The van der Waals surface area contributed by atoms with Gasteiger partial charge in [-0.3, -0.25) is 0 Å². The molecular weight excluding hydrogens is 423 g/mol. The quantitative estimate of drug-likeness (QED) is 0.522. The van der Waals surface area contributed by atoms with Crippen LogP contribution in [-0.2, 0) is 0 Å². The Morgan fingerprint density at radius 2 is 1.94 bits per heavy atom. The monoisotopic (exact) mass is 426 g/mol. The van der Waals surface area contributed by atoms with Gasteiger partial charge in [-0.25, -0.2) is 4.39 Å². The third kappa shape index (κ3) is 2.58. The van der Waals surface area contributed by atoms with E-state index in [0.717, 1.165) is 13.8 Å². The third-order valence-electron chi connectivity index (χ3n) is 2.11. The average Bonchev–Trinajstić information content (AvgIpc) is 2.67. The van der Waals surface area contributed by atoms with Crippen molar-refractivity contribution in [2.24, 2.45) is 0 Å². The molecule has 0 aliphatic carbocycles. The number of rotatable bonds is 2. The lowest BCUT2D eigenvalue weighted by Gasteiger charge is -2.10. The van der Waals surface area contributed by atoms with Crippen LogP contribution in [0, 0.1) is 5.82 Å². The summed E-state index contributed by atoms with van der Waals surface area (Å²) in [5, 5.41) is 1.98. The van der Waals surface area contributed by atoms with Gasteiger partial charge in [0.1, 0.15) is 5.82 Å². The molecule has 84 valence electrons. The van der Waals surface area contributed by atoms with Gasteiger partial charge >= 0.3 is 0 Å². The van der Waals surface area contributed by atoms with Crippen molar-refractivity contribution in [3.05, 3.63) is 54.8 Å². The Labute approximate surface area is 122 Å². The van der Waals surface area contributed by atoms with Gasteiger partial charge in [-0.1, -0.05) is 31.9 Å². The van der Waals surface area contributed by atoms with Crippen LogP contribution < -0.4 is 0 Å². The maximum atomic E-state index is 13.7. The predicted molar refractivity (Wildman–Crippen MR) is 76.9 cm³/mol. The van der Waals surface area contributed by atoms with E-state index < -0.39 is 0 Å². The second-order valence-corrected chi connectivity index (χ2v) is 6.79. The molecule has 0 aliphatic heterocycles. The summed E-state index contributed by atoms with van der Waals surface area (Å²) in [6.45, 7) is 0. The minimum Gasteiger partial charge on any atom is -0.207 e. The van der Waals surface area contributed by atoms with Crippen molar-refractivity contribution in [2.75, 3.05) is 0 Å². The lowest BCUT2D eigenvalue weighted by molar-refractivity contribution is 0.613. The maximum Gasteiger partial charge on any atom is 0.127 e. The van der Waals surface area contributed by atoms with Crippen LogP contribution in [0.15, 0.2) is 38.6 Å². The van der Waals surface area contributed by atoms with E-state index in [1.54, 1.807) is 23.5 Å². The maximum absolute atomic E-state index is 13.7. The van der Waals surface area contributed by atoms with Crippen LogP contribution >= 0.6 is 59.1 Å². The lowest BCUT2D eigenvalue weighted by atomic mass is 10.1. The molecule has 1 atom stereocenters. The first-order chi connectivity index (χ1) is 7.59. The van der Waals surface area contributed by atoms with Crippen LogP contribution in [0.1, 0.15) is 15.3 Å². The zero-order chi connectivity index (χ0) is 11.7. The molecule has 0 fully saturated rings. The van der Waals surface area contributed by atoms with E-state index in [1.165, 1.54) is 6.07 Å². The van der Waals surface area contributed by atoms with Crippen LogP contribution in [0.25, 0.3) is 0 Å². The molecular formula is C11H6Br3FS. The van der Waals surface area contributed by atoms with Crippen molar-refractivity contribution in [3.63, 3.8) is 0 Å². The van der Waals surface area contributed by atoms with Crippen molar-refractivity contribution < 1.29 is 4.39 Å². The SMILES string of the molecule is Fc1ccc(Br)cc1C(Br)c1sccc1Br. The standard InChI is InChI=1S/C11H6Br3FS/c12-6-1-2-9(15)7(5-6)10(14)11-8(13)3-4-16-11/h1-5,10H. The van der Waals surface area contributed by atoms with Crippen molar-refractivity contribution in [1.82, 2.24) is 0 Å². The zero-order valence-electron chi connectivity index (χ0n) is 7.88. The zero-order valence-corrected chi connectivity index (χ0v) is 13.5. The molecule has 1 aromatic carbocycles. The molecule has 0 nitrogen and oxygen atoms in total. The minimum atomic E-state index is -0.203. The minimum absolute atomic E-state index is 0.126. The summed E-state index contributed by atoms with van der Waals surface area (Å²) < 4.78 is 15.6. The van der Waals surface area contributed by atoms with E-state index in [0.29, 0.717) is 5.56 Å². The van der Waals surface area contributed by atoms with Gasteiger partial charge in [-0.2, -0.15) is 0 Å². The van der Waals surface area contributed by atoms with E-state index in [4.69, 9.17) is 0 Å². The Morgan fingerprint density at radius 3 is 2.56 bits per heavy atom. The summed E-state index contributed by atoms with van der Waals surface area (Å²) in [5.41, 5.74) is 0.637. The molecule has 1 unspecified atom stereocenters. The van der Waals surface area contributed by atoms with Crippen molar-refractivity contribution >= 4 is 59.1 Å². The Morgan fingerprint density at radius 1 is 1.19 bits per heavy atom. The van der Waals surface area contributed by atoms with Crippen LogP contribution in [0.3, 0.4) is 0 Å². The number of hydrogen-bond donors (Lipinski definition) is 0. The molecule has 0 saturated carbocycles. The first-order valence-electron chi connectivity index (χ1n) is 4.41. The second kappa shape index (κ2) is 5.29. The molecule has 0 saturated heterocycles. The molecule has 2 aromatic rings. The molecule has 2 rings (SSSR count). The summed E-state index contributed by atoms with van der Waals surface area (Å²) in [5.74, 6) is -0.203. The molecule has 0 N–H and O–H groups in total. The Hall–Kier alpha value is 0.290. The summed E-state index contributed by atoms with van der Waals surface area (Å²) >= 11 is 11.9. The van der Waals surface area contributed by atoms with E-state index in [2.05, 4.69) is 47.8 Å². The molecule has 1 heterocycles. The van der Waals surface area contributed by atoms with Crippen LogP contribution in [0.4, 0.5) is 4.39 Å². The molecule has 0 bridgehead atoms. The molecule has 0 amide bonds. The van der Waals surface area contributed by atoms with Gasteiger partial charge < -0.3 is 0 Å². The van der Waals surface area contributed by atoms with Crippen molar-refractivity contribution in [2.45, 2.75) is 4.83 Å². The number of halogens is 4. The van der Waals surface area contributed by atoms with Gasteiger partial charge in [-0.15, -0.1) is 11.3 Å². The third-order valence-corrected chi connectivity index (χ3v) is 5.79. The van der Waals surface area contributed by atoms with Gasteiger partial charge in [0.25, 0.3) is 0 Å². The fraction of sp³-hybridized carbons (Fsp3) is 0.0909. The molecule has 5 heteroatoms. The molecule has 1 aromatic heterocycles. The van der Waals surface area contributed by atoms with Gasteiger partial charge in [0.2, 0.25) is 0 Å². The predicted octanol–water partition coefficient (Wildman–Crippen LogP) is 5.90. The largest absolute Gasteiger partial charge is 0.207 e. The number of hydrogen-bond acceptors (Lipinski definition) is 1. The summed E-state index contributed by atoms with van der Waals surface area (Å²) in [4.78, 5) is 0.941. The van der Waals surface area contributed by atoms with Crippen molar-refractivity contribution in [3.8, 4) is 0 Å². The average molecular weight is 429 g/mol. The number of alkyl halides is 1. The number of thiophene rings is 1. The van der Waals surface area contributed by atoms with E-state index >= 15 is 0 Å². The molecule has 0 aliphatic rings. The summed E-state index contributed by atoms with van der Waals surface area (Å²) in [6.07, 6.45) is 0. The van der Waals surface area contributed by atoms with Crippen LogP contribution in [-0.4, -0.2) is 0 Å². The first kappa shape index (κ1) is 12.7. The molecule has 16 heavy (non-hydrogen) atoms. The van der Waals surface area contributed by atoms with Crippen molar-refractivity contribution in [1.29, 1.82) is 0 Å². The Balaban J connectivity index is 2.45. The fourth-order valence-corrected chi connectivity index (χ4v) is 4.54. The van der Waals surface area contributed by atoms with E-state index in [9.17, 15) is 4.39 Å². The van der Waals surface area contributed by atoms with Gasteiger partial charge in [0.05, 0.1) is 4.83 Å². The molecule has 0 radical (unpaired) electrons. The topological polar surface area (TPSA) is 0 Å². The highest BCUT2D eigenvalue weighted by molar-refractivity contribution is 9.11. The second-order valence-electron chi connectivity index (χ2n) is 3.16. The molecule has 0 spiro atoms. The highest BCUT2D eigenvalue weighted by atomic mass is 79.9. The van der Waals surface area contributed by atoms with Crippen LogP contribution in [0.2, 0.25) is 0 Å². The smallest absolute Gasteiger partial charge is 0.127 e. The van der Waals surface area contributed by atoms with E-state index in [-0.39, 0.29) is 10.6 Å². The van der Waals surface area contributed by atoms with Crippen LogP contribution in [0.5, 0.6) is 0 Å². The lowest BCUT2D eigenvalue weighted by Crippen LogP contribution is -1.95. The highest BCUT2D eigenvalue weighted by Gasteiger charge is 2.18. The Kier molecular flexibility index (Phi) is 4.21. The van der Waals surface area contributed by atoms with E-state index in [1.807, 2.05) is 11.4 Å². The first-order valence-corrected chi connectivity index (χ1v) is 7.79. The number of benzene rings is 1. The summed E-state index contributed by atoms with van der Waals surface area (Å²) in [6, 6.07) is 6.92. The van der Waals surface area contributed by atoms with Gasteiger partial charge in [0.15, 0.2) is 0 Å². The van der Waals surface area contributed by atoms with Gasteiger partial charge in [0, 0.05) is 19.4 Å². The summed E-state index contributed by atoms with van der Waals surface area (Å²) in [7, 11) is 0. The van der Waals surface area contributed by atoms with Gasteiger partial charge in [-0.05, 0) is 45.6 Å².